The smallest absolute Gasteiger partial charge is 0.303 e. The van der Waals surface area contributed by atoms with E-state index in [1.54, 1.807) is 0 Å². The van der Waals surface area contributed by atoms with Crippen LogP contribution < -0.4 is 4.90 Å². The van der Waals surface area contributed by atoms with Crippen LogP contribution in [0.15, 0.2) is 30.3 Å². The number of para-hydroxylation sites is 1. The Kier molecular flexibility index (Phi) is 6.58. The lowest BCUT2D eigenvalue weighted by atomic mass is 9.95. The van der Waals surface area contributed by atoms with E-state index < -0.39 is 5.97 Å². The first-order chi connectivity index (χ1) is 10.3. The van der Waals surface area contributed by atoms with Crippen LogP contribution in [-0.2, 0) is 4.79 Å². The molecule has 2 rings (SSSR count). The summed E-state index contributed by atoms with van der Waals surface area (Å²) in [6, 6.07) is 11.1. The average Bonchev–Trinajstić information content (AvgIpc) is 2.45. The molecule has 0 radical (unpaired) electrons. The van der Waals surface area contributed by atoms with Gasteiger partial charge >= 0.3 is 5.97 Å². The van der Waals surface area contributed by atoms with E-state index >= 15 is 0 Å². The Hall–Kier alpha value is -1.51. The molecule has 3 nitrogen and oxygen atoms in total. The van der Waals surface area contributed by atoms with Crippen molar-refractivity contribution in [3.8, 4) is 0 Å². The summed E-state index contributed by atoms with van der Waals surface area (Å²) in [5, 5.41) is 8.87. The molecule has 1 aromatic rings. The second kappa shape index (κ2) is 8.71. The number of carboxylic acids is 1. The lowest BCUT2D eigenvalue weighted by Crippen LogP contribution is -2.37. The minimum atomic E-state index is -0.694. The third-order valence-electron chi connectivity index (χ3n) is 4.39. The van der Waals surface area contributed by atoms with Crippen molar-refractivity contribution in [2.45, 2.75) is 63.8 Å². The molecular weight excluding hydrogens is 262 g/mol. The summed E-state index contributed by atoms with van der Waals surface area (Å²) in [5.74, 6) is -0.694. The highest BCUT2D eigenvalue weighted by Crippen LogP contribution is 2.26. The van der Waals surface area contributed by atoms with Gasteiger partial charge in [0.25, 0.3) is 0 Å². The van der Waals surface area contributed by atoms with E-state index in [9.17, 15) is 4.79 Å². The Morgan fingerprint density at radius 2 is 1.67 bits per heavy atom. The van der Waals surface area contributed by atoms with Crippen LogP contribution in [0.3, 0.4) is 0 Å². The topological polar surface area (TPSA) is 40.5 Å². The highest BCUT2D eigenvalue weighted by molar-refractivity contribution is 5.66. The molecule has 3 heteroatoms. The van der Waals surface area contributed by atoms with Crippen LogP contribution in [0.2, 0.25) is 0 Å². The van der Waals surface area contributed by atoms with Crippen molar-refractivity contribution in [2.24, 2.45) is 0 Å². The summed E-state index contributed by atoms with van der Waals surface area (Å²) >= 11 is 0. The zero-order valence-corrected chi connectivity index (χ0v) is 12.8. The van der Waals surface area contributed by atoms with Gasteiger partial charge in [0, 0.05) is 24.7 Å². The predicted molar refractivity (Wildman–Crippen MR) is 86.8 cm³/mol. The maximum absolute atomic E-state index is 10.8. The molecule has 21 heavy (non-hydrogen) atoms. The number of carbonyl (C=O) groups is 1. The summed E-state index contributed by atoms with van der Waals surface area (Å²) in [5.41, 5.74) is 1.24. The van der Waals surface area contributed by atoms with Crippen LogP contribution in [0.5, 0.6) is 0 Å². The van der Waals surface area contributed by atoms with E-state index in [-0.39, 0.29) is 6.42 Å². The molecule has 0 aliphatic heterocycles. The molecule has 1 aliphatic carbocycles. The minimum absolute atomic E-state index is 0.260. The van der Waals surface area contributed by atoms with Crippen molar-refractivity contribution >= 4 is 11.7 Å². The van der Waals surface area contributed by atoms with Gasteiger partial charge in [0.15, 0.2) is 0 Å². The summed E-state index contributed by atoms with van der Waals surface area (Å²) in [6.45, 7) is 0.848. The highest BCUT2D eigenvalue weighted by Gasteiger charge is 2.19. The Morgan fingerprint density at radius 3 is 2.29 bits per heavy atom. The first kappa shape index (κ1) is 15.9. The van der Waals surface area contributed by atoms with Gasteiger partial charge in [-0.2, -0.15) is 0 Å². The van der Waals surface area contributed by atoms with Crippen molar-refractivity contribution in [3.05, 3.63) is 30.3 Å². The highest BCUT2D eigenvalue weighted by atomic mass is 16.4. The number of nitrogens with zero attached hydrogens (tertiary/aromatic N) is 1. The second-order valence-corrected chi connectivity index (χ2v) is 6.03. The van der Waals surface area contributed by atoms with E-state index in [0.29, 0.717) is 6.04 Å². The van der Waals surface area contributed by atoms with Gasteiger partial charge in [-0.1, -0.05) is 50.3 Å². The molecule has 1 N–H and O–H groups in total. The van der Waals surface area contributed by atoms with Crippen molar-refractivity contribution < 1.29 is 9.90 Å². The van der Waals surface area contributed by atoms with Gasteiger partial charge in [0.2, 0.25) is 0 Å². The number of aliphatic carboxylic acids is 1. The molecule has 1 fully saturated rings. The fraction of sp³-hybridized carbons (Fsp3) is 0.611. The SMILES string of the molecule is O=C(O)CCCN(c1ccccc1)C1CCCCCCC1. The van der Waals surface area contributed by atoms with E-state index in [1.807, 2.05) is 6.07 Å². The molecule has 116 valence electrons. The van der Waals surface area contributed by atoms with Gasteiger partial charge in [-0.25, -0.2) is 0 Å². The number of rotatable bonds is 6. The number of hydrogen-bond acceptors (Lipinski definition) is 2. The first-order valence-electron chi connectivity index (χ1n) is 8.31. The number of carboxylic acid groups (broad SMARTS) is 1. The van der Waals surface area contributed by atoms with Gasteiger partial charge in [-0.3, -0.25) is 4.79 Å². The minimum Gasteiger partial charge on any atom is -0.481 e. The molecule has 0 atom stereocenters. The van der Waals surface area contributed by atoms with E-state index in [4.69, 9.17) is 5.11 Å². The Bertz CT molecular complexity index is 410. The monoisotopic (exact) mass is 289 g/mol. The van der Waals surface area contributed by atoms with Gasteiger partial charge in [-0.05, 0) is 31.4 Å². The van der Waals surface area contributed by atoms with Crippen LogP contribution in [-0.4, -0.2) is 23.7 Å². The van der Waals surface area contributed by atoms with Crippen molar-refractivity contribution in [2.75, 3.05) is 11.4 Å². The molecule has 0 bridgehead atoms. The third-order valence-corrected chi connectivity index (χ3v) is 4.39. The van der Waals surface area contributed by atoms with Crippen LogP contribution in [0, 0.1) is 0 Å². The van der Waals surface area contributed by atoms with Crippen LogP contribution in [0.4, 0.5) is 5.69 Å². The lowest BCUT2D eigenvalue weighted by Gasteiger charge is -2.35. The number of hydrogen-bond donors (Lipinski definition) is 1. The molecular formula is C18H27NO2. The quantitative estimate of drug-likeness (QED) is 0.840. The third kappa shape index (κ3) is 5.41. The molecule has 1 aliphatic rings. The zero-order chi connectivity index (χ0) is 14.9. The second-order valence-electron chi connectivity index (χ2n) is 6.03. The summed E-state index contributed by atoms with van der Waals surface area (Å²) in [4.78, 5) is 13.2. The van der Waals surface area contributed by atoms with Gasteiger partial charge in [0.1, 0.15) is 0 Å². The van der Waals surface area contributed by atoms with Crippen LogP contribution in [0.25, 0.3) is 0 Å². The van der Waals surface area contributed by atoms with Crippen LogP contribution in [0.1, 0.15) is 57.8 Å². The molecule has 0 unspecified atom stereocenters. The number of anilines is 1. The summed E-state index contributed by atoms with van der Waals surface area (Å²) in [7, 11) is 0. The molecule has 0 saturated heterocycles. The van der Waals surface area contributed by atoms with E-state index in [2.05, 4.69) is 29.2 Å². The van der Waals surface area contributed by atoms with E-state index in [1.165, 1.54) is 50.6 Å². The Morgan fingerprint density at radius 1 is 1.05 bits per heavy atom. The van der Waals surface area contributed by atoms with Crippen molar-refractivity contribution in [1.82, 2.24) is 0 Å². The molecule has 1 saturated carbocycles. The fourth-order valence-electron chi connectivity index (χ4n) is 3.29. The lowest BCUT2D eigenvalue weighted by molar-refractivity contribution is -0.137. The van der Waals surface area contributed by atoms with Crippen molar-refractivity contribution in [1.29, 1.82) is 0 Å². The van der Waals surface area contributed by atoms with Gasteiger partial charge in [-0.15, -0.1) is 0 Å². The molecule has 0 spiro atoms. The molecule has 0 amide bonds. The maximum Gasteiger partial charge on any atom is 0.303 e. The standard InChI is InChI=1S/C18H27NO2/c20-18(21)14-9-15-19(17-12-7-4-8-13-17)16-10-5-2-1-3-6-11-16/h4,7-8,12-13,16H,1-3,5-6,9-11,14-15H2,(H,20,21). The van der Waals surface area contributed by atoms with E-state index in [0.717, 1.165) is 13.0 Å². The Balaban J connectivity index is 2.04. The van der Waals surface area contributed by atoms with Gasteiger partial charge < -0.3 is 10.0 Å². The summed E-state index contributed by atoms with van der Waals surface area (Å²) in [6.07, 6.45) is 10.1. The predicted octanol–water partition coefficient (Wildman–Crippen LogP) is 4.47. The van der Waals surface area contributed by atoms with Gasteiger partial charge in [0.05, 0.1) is 0 Å². The zero-order valence-electron chi connectivity index (χ0n) is 12.8. The van der Waals surface area contributed by atoms with Crippen LogP contribution >= 0.6 is 0 Å². The maximum atomic E-state index is 10.8. The fourth-order valence-corrected chi connectivity index (χ4v) is 3.29. The molecule has 1 aromatic carbocycles. The summed E-state index contributed by atoms with van der Waals surface area (Å²) < 4.78 is 0. The Labute approximate surface area is 128 Å². The average molecular weight is 289 g/mol. The first-order valence-corrected chi connectivity index (χ1v) is 8.31. The normalized spacial score (nSPS) is 17.0. The molecule has 0 heterocycles. The largest absolute Gasteiger partial charge is 0.481 e. The van der Waals surface area contributed by atoms with Crippen molar-refractivity contribution in [3.63, 3.8) is 0 Å². The molecule has 0 aromatic heterocycles. The number of benzene rings is 1.